The predicted molar refractivity (Wildman–Crippen MR) is 67.2 cm³/mol. The number of aliphatic hydroxyl groups is 1. The zero-order valence-electron chi connectivity index (χ0n) is 8.07. The molecule has 1 aromatic rings. The number of rotatable bonds is 5. The second-order valence-electron chi connectivity index (χ2n) is 2.83. The molecule has 0 saturated heterocycles. The highest BCUT2D eigenvalue weighted by molar-refractivity contribution is 9.10. The zero-order chi connectivity index (χ0) is 11.1. The Morgan fingerprint density at radius 2 is 2.33 bits per heavy atom. The molecule has 0 aromatic heterocycles. The zero-order valence-corrected chi connectivity index (χ0v) is 10.5. The summed E-state index contributed by atoms with van der Waals surface area (Å²) < 4.78 is 0.934. The molecule has 0 unspecified atom stereocenters. The van der Waals surface area contributed by atoms with E-state index in [1.807, 2.05) is 24.3 Å². The summed E-state index contributed by atoms with van der Waals surface area (Å²) in [6.07, 6.45) is 0. The van der Waals surface area contributed by atoms with Crippen molar-refractivity contribution in [3.63, 3.8) is 0 Å². The molecule has 5 heteroatoms. The number of carbonyl (C=O) groups is 1. The average molecular weight is 290 g/mol. The molecule has 1 amide bonds. The largest absolute Gasteiger partial charge is 0.396 e. The Morgan fingerprint density at radius 3 is 3.00 bits per heavy atom. The van der Waals surface area contributed by atoms with Crippen LogP contribution >= 0.6 is 27.7 Å². The van der Waals surface area contributed by atoms with E-state index in [0.29, 0.717) is 11.5 Å². The first-order valence-corrected chi connectivity index (χ1v) is 6.41. The van der Waals surface area contributed by atoms with Crippen molar-refractivity contribution in [2.45, 2.75) is 0 Å². The van der Waals surface area contributed by atoms with E-state index in [1.165, 1.54) is 11.8 Å². The van der Waals surface area contributed by atoms with Gasteiger partial charge in [0.2, 0.25) is 5.91 Å². The predicted octanol–water partition coefficient (Wildman–Crippen LogP) is 2.11. The van der Waals surface area contributed by atoms with E-state index in [2.05, 4.69) is 21.2 Å². The Labute approximate surface area is 101 Å². The fourth-order valence-electron chi connectivity index (χ4n) is 0.993. The Morgan fingerprint density at radius 1 is 1.53 bits per heavy atom. The monoisotopic (exact) mass is 289 g/mol. The van der Waals surface area contributed by atoms with Gasteiger partial charge in [-0.15, -0.1) is 11.8 Å². The Balaban J connectivity index is 2.37. The molecule has 0 heterocycles. The molecule has 0 atom stereocenters. The van der Waals surface area contributed by atoms with Crippen molar-refractivity contribution in [1.82, 2.24) is 0 Å². The average Bonchev–Trinajstić information content (AvgIpc) is 2.18. The molecule has 0 aliphatic carbocycles. The summed E-state index contributed by atoms with van der Waals surface area (Å²) in [4.78, 5) is 11.4. The summed E-state index contributed by atoms with van der Waals surface area (Å²) in [5, 5.41) is 11.3. The van der Waals surface area contributed by atoms with Crippen LogP contribution < -0.4 is 5.32 Å². The number of benzene rings is 1. The molecule has 0 fully saturated rings. The third-order valence-corrected chi connectivity index (χ3v) is 3.01. The SMILES string of the molecule is O=C(CSCCO)Nc1cccc(Br)c1. The van der Waals surface area contributed by atoms with Crippen LogP contribution in [0.1, 0.15) is 0 Å². The fourth-order valence-corrected chi connectivity index (χ4v) is 1.92. The molecule has 0 bridgehead atoms. The highest BCUT2D eigenvalue weighted by Gasteiger charge is 2.02. The summed E-state index contributed by atoms with van der Waals surface area (Å²) in [7, 11) is 0. The lowest BCUT2D eigenvalue weighted by atomic mass is 10.3. The van der Waals surface area contributed by atoms with Crippen molar-refractivity contribution in [2.75, 3.05) is 23.4 Å². The van der Waals surface area contributed by atoms with Crippen molar-refractivity contribution in [3.8, 4) is 0 Å². The van der Waals surface area contributed by atoms with Crippen molar-refractivity contribution >= 4 is 39.3 Å². The van der Waals surface area contributed by atoms with Crippen LogP contribution in [-0.2, 0) is 4.79 Å². The molecule has 0 aliphatic heterocycles. The Kier molecular flexibility index (Phi) is 5.75. The molecule has 0 saturated carbocycles. The van der Waals surface area contributed by atoms with E-state index in [4.69, 9.17) is 5.11 Å². The number of thioether (sulfide) groups is 1. The van der Waals surface area contributed by atoms with E-state index in [9.17, 15) is 4.79 Å². The molecular formula is C10H12BrNO2S. The van der Waals surface area contributed by atoms with Crippen LogP contribution in [0.5, 0.6) is 0 Å². The molecule has 1 rings (SSSR count). The maximum absolute atomic E-state index is 11.4. The van der Waals surface area contributed by atoms with Crippen molar-refractivity contribution in [3.05, 3.63) is 28.7 Å². The summed E-state index contributed by atoms with van der Waals surface area (Å²) in [5.74, 6) is 0.908. The molecule has 1 aromatic carbocycles. The van der Waals surface area contributed by atoms with E-state index in [0.717, 1.165) is 10.2 Å². The minimum Gasteiger partial charge on any atom is -0.396 e. The number of hydrogen-bond acceptors (Lipinski definition) is 3. The van der Waals surface area contributed by atoms with E-state index >= 15 is 0 Å². The lowest BCUT2D eigenvalue weighted by molar-refractivity contribution is -0.113. The van der Waals surface area contributed by atoms with Crippen LogP contribution in [0.2, 0.25) is 0 Å². The van der Waals surface area contributed by atoms with E-state index in [1.54, 1.807) is 0 Å². The van der Waals surface area contributed by atoms with Crippen LogP contribution in [0.15, 0.2) is 28.7 Å². The molecule has 3 nitrogen and oxygen atoms in total. The molecule has 2 N–H and O–H groups in total. The van der Waals surface area contributed by atoms with Gasteiger partial charge in [0.1, 0.15) is 0 Å². The molecule has 0 aliphatic rings. The van der Waals surface area contributed by atoms with Crippen LogP contribution in [0.4, 0.5) is 5.69 Å². The maximum Gasteiger partial charge on any atom is 0.234 e. The van der Waals surface area contributed by atoms with Gasteiger partial charge in [-0.2, -0.15) is 0 Å². The van der Waals surface area contributed by atoms with Crippen LogP contribution in [0, 0.1) is 0 Å². The third-order valence-electron chi connectivity index (χ3n) is 1.58. The van der Waals surface area contributed by atoms with Gasteiger partial charge >= 0.3 is 0 Å². The fraction of sp³-hybridized carbons (Fsp3) is 0.300. The van der Waals surface area contributed by atoms with Crippen molar-refractivity contribution < 1.29 is 9.90 Å². The number of hydrogen-bond donors (Lipinski definition) is 2. The second-order valence-corrected chi connectivity index (χ2v) is 4.86. The molecule has 82 valence electrons. The number of nitrogens with one attached hydrogen (secondary N) is 1. The van der Waals surface area contributed by atoms with Crippen LogP contribution in [-0.4, -0.2) is 29.1 Å². The standard InChI is InChI=1S/C10H12BrNO2S/c11-8-2-1-3-9(6-8)12-10(14)7-15-5-4-13/h1-3,6,13H,4-5,7H2,(H,12,14). The lowest BCUT2D eigenvalue weighted by Gasteiger charge is -2.04. The van der Waals surface area contributed by atoms with Gasteiger partial charge in [-0.25, -0.2) is 0 Å². The van der Waals surface area contributed by atoms with Gasteiger partial charge in [-0.3, -0.25) is 4.79 Å². The normalized spacial score (nSPS) is 10.0. The first kappa shape index (κ1) is 12.5. The quantitative estimate of drug-likeness (QED) is 0.817. The first-order valence-electron chi connectivity index (χ1n) is 4.46. The summed E-state index contributed by atoms with van der Waals surface area (Å²) in [6, 6.07) is 7.44. The number of aliphatic hydroxyl groups excluding tert-OH is 1. The number of halogens is 1. The topological polar surface area (TPSA) is 49.3 Å². The van der Waals surface area contributed by atoms with Gasteiger partial charge < -0.3 is 10.4 Å². The molecular weight excluding hydrogens is 278 g/mol. The maximum atomic E-state index is 11.4. The van der Waals surface area contributed by atoms with Gasteiger partial charge in [0.15, 0.2) is 0 Å². The van der Waals surface area contributed by atoms with Gasteiger partial charge in [0.25, 0.3) is 0 Å². The molecule has 0 radical (unpaired) electrons. The number of anilines is 1. The first-order chi connectivity index (χ1) is 7.22. The van der Waals surface area contributed by atoms with Gasteiger partial charge in [-0.05, 0) is 18.2 Å². The minimum absolute atomic E-state index is 0.0495. The third kappa shape index (κ3) is 5.20. The second kappa shape index (κ2) is 6.87. The minimum atomic E-state index is -0.0495. The lowest BCUT2D eigenvalue weighted by Crippen LogP contribution is -2.14. The summed E-state index contributed by atoms with van der Waals surface area (Å²) in [6.45, 7) is 0.106. The number of amides is 1. The van der Waals surface area contributed by atoms with E-state index in [-0.39, 0.29) is 12.5 Å². The Bertz CT molecular complexity index is 333. The summed E-state index contributed by atoms with van der Waals surface area (Å²) >= 11 is 4.74. The van der Waals surface area contributed by atoms with Gasteiger partial charge in [-0.1, -0.05) is 22.0 Å². The van der Waals surface area contributed by atoms with Crippen molar-refractivity contribution in [2.24, 2.45) is 0 Å². The Hall–Kier alpha value is -0.520. The van der Waals surface area contributed by atoms with E-state index < -0.39 is 0 Å². The van der Waals surface area contributed by atoms with Crippen molar-refractivity contribution in [1.29, 1.82) is 0 Å². The van der Waals surface area contributed by atoms with Gasteiger partial charge in [0.05, 0.1) is 12.4 Å². The summed E-state index contributed by atoms with van der Waals surface area (Å²) in [5.41, 5.74) is 0.777. The molecule has 15 heavy (non-hydrogen) atoms. The van der Waals surface area contributed by atoms with Crippen LogP contribution in [0.25, 0.3) is 0 Å². The number of carbonyl (C=O) groups excluding carboxylic acids is 1. The highest BCUT2D eigenvalue weighted by atomic mass is 79.9. The smallest absolute Gasteiger partial charge is 0.234 e. The van der Waals surface area contributed by atoms with Gasteiger partial charge in [0, 0.05) is 15.9 Å². The molecule has 0 spiro atoms. The highest BCUT2D eigenvalue weighted by Crippen LogP contribution is 2.15. The van der Waals surface area contributed by atoms with Crippen LogP contribution in [0.3, 0.4) is 0 Å².